The second-order valence-electron chi connectivity index (χ2n) is 8.25. The van der Waals surface area contributed by atoms with Crippen molar-refractivity contribution in [2.24, 2.45) is 0 Å². The van der Waals surface area contributed by atoms with E-state index < -0.39 is 0 Å². The molecule has 0 radical (unpaired) electrons. The number of aromatic nitrogens is 7. The zero-order chi connectivity index (χ0) is 24.2. The number of hydrogen-bond donors (Lipinski definition) is 1. The van der Waals surface area contributed by atoms with E-state index in [9.17, 15) is 4.79 Å². The summed E-state index contributed by atoms with van der Waals surface area (Å²) < 4.78 is 3.21. The number of unbranched alkanes of at least 4 members (excludes halogenated alkanes) is 1. The molecule has 0 aliphatic carbocycles. The van der Waals surface area contributed by atoms with Gasteiger partial charge in [0.05, 0.1) is 12.2 Å². The van der Waals surface area contributed by atoms with Gasteiger partial charge in [-0.05, 0) is 52.6 Å². The smallest absolute Gasteiger partial charge is 0.274 e. The van der Waals surface area contributed by atoms with Crippen LogP contribution in [0.3, 0.4) is 0 Å². The Morgan fingerprint density at radius 1 is 0.943 bits per heavy atom. The summed E-state index contributed by atoms with van der Waals surface area (Å²) in [5, 5.41) is 19.7. The van der Waals surface area contributed by atoms with E-state index in [0.717, 1.165) is 47.3 Å². The number of nitrogens with zero attached hydrogens (tertiary/aromatic N) is 6. The van der Waals surface area contributed by atoms with Crippen molar-refractivity contribution in [3.63, 3.8) is 0 Å². The Bertz CT molecular complexity index is 1470. The van der Waals surface area contributed by atoms with Crippen LogP contribution in [0.1, 0.15) is 31.2 Å². The summed E-state index contributed by atoms with van der Waals surface area (Å²) in [5.74, 6) is 1.32. The zero-order valence-corrected chi connectivity index (χ0v) is 20.0. The van der Waals surface area contributed by atoms with Gasteiger partial charge in [-0.1, -0.05) is 73.5 Å². The van der Waals surface area contributed by atoms with E-state index in [4.69, 9.17) is 11.6 Å². The van der Waals surface area contributed by atoms with Gasteiger partial charge in [-0.15, -0.1) is 15.3 Å². The molecule has 0 aliphatic heterocycles. The van der Waals surface area contributed by atoms with Crippen molar-refractivity contribution in [1.29, 1.82) is 0 Å². The first kappa shape index (κ1) is 22.7. The van der Waals surface area contributed by atoms with Crippen LogP contribution in [-0.4, -0.2) is 35.0 Å². The number of halogens is 1. The molecule has 9 heteroatoms. The first-order valence-corrected chi connectivity index (χ1v) is 11.9. The summed E-state index contributed by atoms with van der Waals surface area (Å²) in [7, 11) is 0. The predicted molar refractivity (Wildman–Crippen MR) is 136 cm³/mol. The Labute approximate surface area is 207 Å². The summed E-state index contributed by atoms with van der Waals surface area (Å²) in [6, 6.07) is 23.3. The van der Waals surface area contributed by atoms with Gasteiger partial charge in [-0.3, -0.25) is 4.57 Å². The fourth-order valence-electron chi connectivity index (χ4n) is 4.04. The molecule has 0 atom stereocenters. The minimum atomic E-state index is -0.162. The van der Waals surface area contributed by atoms with Crippen LogP contribution in [0.2, 0.25) is 5.02 Å². The van der Waals surface area contributed by atoms with E-state index in [2.05, 4.69) is 44.8 Å². The van der Waals surface area contributed by atoms with E-state index in [1.807, 2.05) is 36.4 Å². The van der Waals surface area contributed by atoms with Gasteiger partial charge in [-0.25, -0.2) is 4.79 Å². The number of rotatable bonds is 8. The maximum atomic E-state index is 13.3. The number of H-pyrrole nitrogens is 1. The lowest BCUT2D eigenvalue weighted by atomic mass is 9.98. The molecule has 0 aliphatic rings. The van der Waals surface area contributed by atoms with E-state index in [1.165, 1.54) is 4.68 Å². The Balaban J connectivity index is 1.46. The number of aromatic amines is 1. The summed E-state index contributed by atoms with van der Waals surface area (Å²) in [6.07, 6.45) is 2.72. The summed E-state index contributed by atoms with van der Waals surface area (Å²) in [6.45, 7) is 2.57. The van der Waals surface area contributed by atoms with Crippen LogP contribution in [0.4, 0.5) is 0 Å². The maximum absolute atomic E-state index is 13.3. The standard InChI is InChI=1S/C26H24ClN7O/c1-2-3-8-24-30-34(21-15-13-20(27)14-16-21)26(35)33(24)17-18-9-11-19(12-10-18)22-6-4-5-7-23(22)25-28-31-32-29-25/h4-7,9-16H,2-3,8,17H2,1H3,(H,28,29,31,32). The average molecular weight is 486 g/mol. The Morgan fingerprint density at radius 2 is 1.69 bits per heavy atom. The molecule has 0 amide bonds. The van der Waals surface area contributed by atoms with Crippen LogP contribution in [0.15, 0.2) is 77.6 Å². The molecule has 0 bridgehead atoms. The molecular formula is C26H24ClN7O. The summed E-state index contributed by atoms with van der Waals surface area (Å²) in [4.78, 5) is 13.3. The van der Waals surface area contributed by atoms with Crippen molar-refractivity contribution in [2.45, 2.75) is 32.7 Å². The third-order valence-corrected chi connectivity index (χ3v) is 6.14. The molecule has 176 valence electrons. The van der Waals surface area contributed by atoms with Gasteiger partial charge in [0.25, 0.3) is 0 Å². The van der Waals surface area contributed by atoms with Crippen molar-refractivity contribution in [3.05, 3.63) is 99.7 Å². The fourth-order valence-corrected chi connectivity index (χ4v) is 4.17. The maximum Gasteiger partial charge on any atom is 0.351 e. The molecule has 8 nitrogen and oxygen atoms in total. The highest BCUT2D eigenvalue weighted by Crippen LogP contribution is 2.29. The van der Waals surface area contributed by atoms with Crippen LogP contribution in [0, 0.1) is 0 Å². The van der Waals surface area contributed by atoms with Crippen molar-refractivity contribution >= 4 is 11.6 Å². The number of aryl methyl sites for hydroxylation is 1. The molecule has 2 heterocycles. The molecule has 35 heavy (non-hydrogen) atoms. The highest BCUT2D eigenvalue weighted by molar-refractivity contribution is 6.30. The number of benzene rings is 3. The lowest BCUT2D eigenvalue weighted by Gasteiger charge is -2.09. The van der Waals surface area contributed by atoms with Gasteiger partial charge >= 0.3 is 5.69 Å². The molecule has 0 saturated heterocycles. The topological polar surface area (TPSA) is 94.3 Å². The second kappa shape index (κ2) is 10.1. The predicted octanol–water partition coefficient (Wildman–Crippen LogP) is 4.93. The van der Waals surface area contributed by atoms with Gasteiger partial charge in [0.2, 0.25) is 5.82 Å². The third-order valence-electron chi connectivity index (χ3n) is 5.88. The first-order valence-electron chi connectivity index (χ1n) is 11.5. The molecule has 5 aromatic rings. The molecular weight excluding hydrogens is 462 g/mol. The van der Waals surface area contributed by atoms with Gasteiger partial charge in [0.1, 0.15) is 5.82 Å². The average Bonchev–Trinajstić information content (AvgIpc) is 3.53. The number of hydrogen-bond acceptors (Lipinski definition) is 5. The first-order chi connectivity index (χ1) is 17.1. The molecule has 1 N–H and O–H groups in total. The molecule has 0 fully saturated rings. The van der Waals surface area contributed by atoms with Gasteiger partial charge in [-0.2, -0.15) is 9.90 Å². The minimum absolute atomic E-state index is 0.162. The summed E-state index contributed by atoms with van der Waals surface area (Å²) >= 11 is 6.02. The molecule has 0 saturated carbocycles. The van der Waals surface area contributed by atoms with Gasteiger partial charge in [0, 0.05) is 17.0 Å². The Hall–Kier alpha value is -4.04. The van der Waals surface area contributed by atoms with E-state index in [-0.39, 0.29) is 5.69 Å². The molecule has 0 unspecified atom stereocenters. The van der Waals surface area contributed by atoms with Crippen molar-refractivity contribution in [1.82, 2.24) is 35.0 Å². The van der Waals surface area contributed by atoms with Crippen molar-refractivity contribution in [2.75, 3.05) is 0 Å². The van der Waals surface area contributed by atoms with Crippen LogP contribution in [0.25, 0.3) is 28.2 Å². The third kappa shape index (κ3) is 4.79. The second-order valence-corrected chi connectivity index (χ2v) is 8.69. The largest absolute Gasteiger partial charge is 0.351 e. The van der Waals surface area contributed by atoms with Gasteiger partial charge in [0.15, 0.2) is 0 Å². The van der Waals surface area contributed by atoms with Crippen LogP contribution < -0.4 is 5.69 Å². The number of tetrazole rings is 1. The van der Waals surface area contributed by atoms with E-state index >= 15 is 0 Å². The quantitative estimate of drug-likeness (QED) is 0.336. The lowest BCUT2D eigenvalue weighted by Crippen LogP contribution is -2.25. The fraction of sp³-hybridized carbons (Fsp3) is 0.192. The van der Waals surface area contributed by atoms with Crippen LogP contribution >= 0.6 is 11.6 Å². The molecule has 2 aromatic heterocycles. The number of nitrogens with one attached hydrogen (secondary N) is 1. The normalized spacial score (nSPS) is 11.1. The summed E-state index contributed by atoms with van der Waals surface area (Å²) in [5.41, 5.74) is 4.49. The van der Waals surface area contributed by atoms with Crippen LogP contribution in [0.5, 0.6) is 0 Å². The highest BCUT2D eigenvalue weighted by atomic mass is 35.5. The van der Waals surface area contributed by atoms with Gasteiger partial charge < -0.3 is 0 Å². The SMILES string of the molecule is CCCCc1nn(-c2ccc(Cl)cc2)c(=O)n1Cc1ccc(-c2ccccc2-c2nn[nH]n2)cc1. The minimum Gasteiger partial charge on any atom is -0.274 e. The highest BCUT2D eigenvalue weighted by Gasteiger charge is 2.16. The molecule has 0 spiro atoms. The zero-order valence-electron chi connectivity index (χ0n) is 19.2. The monoisotopic (exact) mass is 485 g/mol. The Kier molecular flexibility index (Phi) is 6.54. The Morgan fingerprint density at radius 3 is 2.37 bits per heavy atom. The van der Waals surface area contributed by atoms with Crippen molar-refractivity contribution in [3.8, 4) is 28.2 Å². The molecule has 5 rings (SSSR count). The van der Waals surface area contributed by atoms with Crippen molar-refractivity contribution < 1.29 is 0 Å². The van der Waals surface area contributed by atoms with E-state index in [0.29, 0.717) is 23.1 Å². The van der Waals surface area contributed by atoms with E-state index in [1.54, 1.807) is 28.8 Å². The molecule has 3 aromatic carbocycles. The lowest BCUT2D eigenvalue weighted by molar-refractivity contribution is 0.666. The van der Waals surface area contributed by atoms with Crippen LogP contribution in [-0.2, 0) is 13.0 Å².